The molecule has 0 radical (unpaired) electrons. The Bertz CT molecular complexity index is 665. The highest BCUT2D eigenvalue weighted by Crippen LogP contribution is 2.44. The minimum atomic E-state index is -3.85. The van der Waals surface area contributed by atoms with Gasteiger partial charge >= 0.3 is 0 Å². The molecule has 1 spiro atoms. The normalized spacial score (nSPS) is 23.0. The summed E-state index contributed by atoms with van der Waals surface area (Å²) < 4.78 is 34.1. The average molecular weight is 297 g/mol. The van der Waals surface area contributed by atoms with Crippen LogP contribution in [0.4, 0.5) is 0 Å². The molecule has 0 bridgehead atoms. The van der Waals surface area contributed by atoms with Crippen LogP contribution in [0.3, 0.4) is 0 Å². The Labute approximate surface area is 116 Å². The number of pyridine rings is 1. The Morgan fingerprint density at radius 3 is 2.95 bits per heavy atom. The Kier molecular flexibility index (Phi) is 2.94. The van der Waals surface area contributed by atoms with Crippen molar-refractivity contribution in [2.24, 2.45) is 4.40 Å². The molecular weight excluding hydrogens is 282 g/mol. The van der Waals surface area contributed by atoms with Gasteiger partial charge in [-0.05, 0) is 31.9 Å². The number of fused-ring (bicyclic) bond motifs is 1. The van der Waals surface area contributed by atoms with E-state index in [1.165, 1.54) is 18.3 Å². The van der Waals surface area contributed by atoms with Crippen LogP contribution in [0.25, 0.3) is 0 Å². The average Bonchev–Trinajstić information content (AvgIpc) is 3.16. The highest BCUT2D eigenvalue weighted by molar-refractivity contribution is 7.90. The monoisotopic (exact) mass is 297 g/mol. The Balaban J connectivity index is 2.04. The van der Waals surface area contributed by atoms with Gasteiger partial charge in [-0.3, -0.25) is 0 Å². The van der Waals surface area contributed by atoms with Crippen LogP contribution in [-0.4, -0.2) is 42.6 Å². The molecule has 2 N–H and O–H groups in total. The number of hydrogen-bond donors (Lipinski definition) is 2. The lowest BCUT2D eigenvalue weighted by atomic mass is 10.3. The van der Waals surface area contributed by atoms with E-state index >= 15 is 0 Å². The molecule has 0 amide bonds. The van der Waals surface area contributed by atoms with Crippen molar-refractivity contribution in [3.8, 4) is 5.88 Å². The number of ether oxygens (including phenoxy) is 1. The summed E-state index contributed by atoms with van der Waals surface area (Å²) in [6, 6.07) is 2.96. The molecule has 0 aromatic carbocycles. The summed E-state index contributed by atoms with van der Waals surface area (Å²) in [4.78, 5) is 3.96. The predicted molar refractivity (Wildman–Crippen MR) is 71.1 cm³/mol. The maximum Gasteiger partial charge on any atom is 0.289 e. The number of aromatic nitrogens is 1. The first-order chi connectivity index (χ1) is 9.43. The first kappa shape index (κ1) is 13.3. The van der Waals surface area contributed by atoms with Crippen molar-refractivity contribution in [2.75, 3.05) is 6.54 Å². The van der Waals surface area contributed by atoms with Crippen molar-refractivity contribution in [2.45, 2.75) is 36.4 Å². The summed E-state index contributed by atoms with van der Waals surface area (Å²) in [6.07, 6.45) is 2.22. The molecule has 3 rings (SSSR count). The van der Waals surface area contributed by atoms with Gasteiger partial charge in [-0.15, -0.1) is 4.40 Å². The topological polar surface area (TPSA) is 101 Å². The fraction of sp³-hybridized carbons (Fsp3) is 0.500. The summed E-state index contributed by atoms with van der Waals surface area (Å²) >= 11 is 0. The van der Waals surface area contributed by atoms with E-state index in [-0.39, 0.29) is 23.2 Å². The molecule has 20 heavy (non-hydrogen) atoms. The Morgan fingerprint density at radius 1 is 1.55 bits per heavy atom. The number of sulfonamides is 1. The SMILES string of the molecule is CC(O)CNC1=NS(=O)(=O)c2cccnc2OC12CC2. The van der Waals surface area contributed by atoms with Gasteiger partial charge in [-0.1, -0.05) is 0 Å². The molecule has 7 nitrogen and oxygen atoms in total. The minimum Gasteiger partial charge on any atom is -0.462 e. The van der Waals surface area contributed by atoms with Crippen molar-refractivity contribution in [1.29, 1.82) is 0 Å². The van der Waals surface area contributed by atoms with Crippen LogP contribution in [0.15, 0.2) is 27.6 Å². The minimum absolute atomic E-state index is 0.0277. The van der Waals surface area contributed by atoms with Gasteiger partial charge in [-0.25, -0.2) is 4.98 Å². The van der Waals surface area contributed by atoms with E-state index in [1.807, 2.05) is 0 Å². The number of amidine groups is 1. The van der Waals surface area contributed by atoms with Crippen LogP contribution in [0, 0.1) is 0 Å². The maximum atomic E-state index is 12.3. The molecule has 108 valence electrons. The summed E-state index contributed by atoms with van der Waals surface area (Å²) in [6.45, 7) is 1.82. The van der Waals surface area contributed by atoms with E-state index in [1.54, 1.807) is 6.92 Å². The number of nitrogens with one attached hydrogen (secondary N) is 1. The molecule has 1 atom stereocenters. The van der Waals surface area contributed by atoms with Crippen LogP contribution in [-0.2, 0) is 10.0 Å². The van der Waals surface area contributed by atoms with Crippen molar-refractivity contribution >= 4 is 15.9 Å². The molecule has 1 saturated carbocycles. The number of hydrogen-bond acceptors (Lipinski definition) is 6. The molecule has 0 saturated heterocycles. The van der Waals surface area contributed by atoms with Gasteiger partial charge in [0.15, 0.2) is 16.3 Å². The molecule has 1 aromatic heterocycles. The number of aliphatic hydroxyl groups excluding tert-OH is 1. The maximum absolute atomic E-state index is 12.3. The quantitative estimate of drug-likeness (QED) is 0.801. The van der Waals surface area contributed by atoms with Gasteiger partial charge in [-0.2, -0.15) is 8.42 Å². The van der Waals surface area contributed by atoms with E-state index in [0.717, 1.165) is 0 Å². The molecule has 1 aromatic rings. The Hall–Kier alpha value is -1.67. The van der Waals surface area contributed by atoms with Crippen molar-refractivity contribution in [3.63, 3.8) is 0 Å². The molecule has 8 heteroatoms. The summed E-state index contributed by atoms with van der Waals surface area (Å²) in [5.74, 6) is 0.332. The van der Waals surface area contributed by atoms with Crippen LogP contribution in [0.2, 0.25) is 0 Å². The van der Waals surface area contributed by atoms with Crippen molar-refractivity contribution in [1.82, 2.24) is 10.3 Å². The van der Waals surface area contributed by atoms with Crippen LogP contribution >= 0.6 is 0 Å². The smallest absolute Gasteiger partial charge is 0.289 e. The van der Waals surface area contributed by atoms with Crippen LogP contribution in [0.5, 0.6) is 5.88 Å². The van der Waals surface area contributed by atoms with Crippen LogP contribution in [0.1, 0.15) is 19.8 Å². The lowest BCUT2D eigenvalue weighted by Crippen LogP contribution is -2.43. The van der Waals surface area contributed by atoms with Gasteiger partial charge < -0.3 is 15.2 Å². The summed E-state index contributed by atoms with van der Waals surface area (Å²) in [5, 5.41) is 12.2. The number of nitrogens with zero attached hydrogens (tertiary/aromatic N) is 2. The predicted octanol–water partition coefficient (Wildman–Crippen LogP) is 0.0642. The molecule has 2 heterocycles. The molecular formula is C12H15N3O4S. The number of aliphatic hydroxyl groups is 1. The van der Waals surface area contributed by atoms with Crippen molar-refractivity contribution in [3.05, 3.63) is 18.3 Å². The zero-order valence-corrected chi connectivity index (χ0v) is 11.7. The van der Waals surface area contributed by atoms with E-state index in [4.69, 9.17) is 4.74 Å². The second-order valence-corrected chi connectivity index (χ2v) is 6.62. The van der Waals surface area contributed by atoms with Gasteiger partial charge in [0.1, 0.15) is 0 Å². The molecule has 1 fully saturated rings. The van der Waals surface area contributed by atoms with Crippen LogP contribution < -0.4 is 10.1 Å². The first-order valence-corrected chi connectivity index (χ1v) is 7.78. The third kappa shape index (κ3) is 2.25. The zero-order valence-electron chi connectivity index (χ0n) is 10.9. The highest BCUT2D eigenvalue weighted by atomic mass is 32.2. The summed E-state index contributed by atoms with van der Waals surface area (Å²) in [5.41, 5.74) is -0.748. The van der Waals surface area contributed by atoms with Gasteiger partial charge in [0.05, 0.1) is 6.10 Å². The van der Waals surface area contributed by atoms with E-state index < -0.39 is 21.7 Å². The standard InChI is InChI=1S/C12H15N3O4S/c1-8(16)7-14-11-12(4-5-12)19-10-9(3-2-6-13-10)20(17,18)15-11/h2-3,6,8,16H,4-5,7H2,1H3,(H,14,15). The summed E-state index contributed by atoms with van der Waals surface area (Å²) in [7, 11) is -3.85. The second-order valence-electron chi connectivity index (χ2n) is 5.05. The second kappa shape index (κ2) is 4.42. The van der Waals surface area contributed by atoms with Gasteiger partial charge in [0.2, 0.25) is 5.88 Å². The van der Waals surface area contributed by atoms with E-state index in [0.29, 0.717) is 12.8 Å². The zero-order chi connectivity index (χ0) is 14.4. The Morgan fingerprint density at radius 2 is 2.30 bits per heavy atom. The molecule has 1 aliphatic heterocycles. The molecule has 2 aliphatic rings. The number of rotatable bonds is 2. The van der Waals surface area contributed by atoms with E-state index in [9.17, 15) is 13.5 Å². The fourth-order valence-electron chi connectivity index (χ4n) is 2.03. The highest BCUT2D eigenvalue weighted by Gasteiger charge is 2.54. The third-order valence-electron chi connectivity index (χ3n) is 3.22. The van der Waals surface area contributed by atoms with Crippen molar-refractivity contribution < 1.29 is 18.3 Å². The molecule has 1 aliphatic carbocycles. The largest absolute Gasteiger partial charge is 0.462 e. The van der Waals surface area contributed by atoms with Gasteiger partial charge in [0, 0.05) is 12.7 Å². The lowest BCUT2D eigenvalue weighted by Gasteiger charge is -2.19. The van der Waals surface area contributed by atoms with E-state index in [2.05, 4.69) is 14.7 Å². The van der Waals surface area contributed by atoms with Gasteiger partial charge in [0.25, 0.3) is 10.0 Å². The lowest BCUT2D eigenvalue weighted by molar-refractivity contribution is 0.192. The fourth-order valence-corrected chi connectivity index (χ4v) is 3.16. The first-order valence-electron chi connectivity index (χ1n) is 6.34. The molecule has 1 unspecified atom stereocenters. The third-order valence-corrected chi connectivity index (χ3v) is 4.51.